The van der Waals surface area contributed by atoms with E-state index in [1.54, 1.807) is 19.1 Å². The Labute approximate surface area is 154 Å². The van der Waals surface area contributed by atoms with Crippen molar-refractivity contribution in [1.29, 1.82) is 0 Å². The third kappa shape index (κ3) is 3.19. The molecule has 0 spiro atoms. The van der Waals surface area contributed by atoms with E-state index in [2.05, 4.69) is 5.32 Å². The van der Waals surface area contributed by atoms with Crippen LogP contribution < -0.4 is 10.2 Å². The van der Waals surface area contributed by atoms with Crippen LogP contribution >= 0.6 is 11.6 Å². The fourth-order valence-electron chi connectivity index (χ4n) is 2.73. The van der Waals surface area contributed by atoms with Crippen molar-refractivity contribution in [1.82, 2.24) is 5.32 Å². The summed E-state index contributed by atoms with van der Waals surface area (Å²) in [6, 6.07) is 8.68. The maximum atomic E-state index is 12.8. The van der Waals surface area contributed by atoms with E-state index < -0.39 is 17.8 Å². The SMILES string of the molecule is Cc1ccc(N2C(=O)NC(=O)/C(=C\c3cc(Cl)ccc3O)C2=O)c(C)c1. The molecular formula is C19H15ClN2O4. The molecule has 7 heteroatoms. The molecule has 6 nitrogen and oxygen atoms in total. The van der Waals surface area contributed by atoms with Gasteiger partial charge in [-0.25, -0.2) is 9.69 Å². The van der Waals surface area contributed by atoms with Gasteiger partial charge in [0.05, 0.1) is 5.69 Å². The number of hydrogen-bond donors (Lipinski definition) is 2. The van der Waals surface area contributed by atoms with E-state index in [4.69, 9.17) is 11.6 Å². The molecule has 1 aliphatic rings. The molecule has 2 aromatic carbocycles. The molecule has 4 amide bonds. The van der Waals surface area contributed by atoms with Gasteiger partial charge in [0.1, 0.15) is 11.3 Å². The first-order chi connectivity index (χ1) is 12.3. The number of nitrogens with one attached hydrogen (secondary N) is 1. The van der Waals surface area contributed by atoms with Gasteiger partial charge in [0, 0.05) is 10.6 Å². The summed E-state index contributed by atoms with van der Waals surface area (Å²) in [5, 5.41) is 12.4. The molecule has 0 radical (unpaired) electrons. The molecule has 0 saturated carbocycles. The number of benzene rings is 2. The summed E-state index contributed by atoms with van der Waals surface area (Å²) in [4.78, 5) is 38.2. The van der Waals surface area contributed by atoms with Crippen LogP contribution in [0.2, 0.25) is 5.02 Å². The Bertz CT molecular complexity index is 981. The summed E-state index contributed by atoms with van der Waals surface area (Å²) < 4.78 is 0. The van der Waals surface area contributed by atoms with Gasteiger partial charge in [0.25, 0.3) is 11.8 Å². The Morgan fingerprint density at radius 3 is 2.50 bits per heavy atom. The largest absolute Gasteiger partial charge is 0.507 e. The van der Waals surface area contributed by atoms with Crippen LogP contribution in [0.15, 0.2) is 42.0 Å². The summed E-state index contributed by atoms with van der Waals surface area (Å²) in [5.74, 6) is -1.75. The standard InChI is InChI=1S/C19H15ClN2O4/c1-10-3-5-15(11(2)7-10)22-18(25)14(17(24)21-19(22)26)9-12-8-13(20)4-6-16(12)23/h3-9,23H,1-2H3,(H,21,24,26)/b14-9+. The number of aryl methyl sites for hydroxylation is 2. The van der Waals surface area contributed by atoms with Gasteiger partial charge in [-0.1, -0.05) is 29.3 Å². The van der Waals surface area contributed by atoms with Crippen molar-refractivity contribution in [2.24, 2.45) is 0 Å². The van der Waals surface area contributed by atoms with E-state index in [0.29, 0.717) is 16.3 Å². The summed E-state index contributed by atoms with van der Waals surface area (Å²) in [6.45, 7) is 3.66. The lowest BCUT2D eigenvalue weighted by atomic mass is 10.0. The summed E-state index contributed by atoms with van der Waals surface area (Å²) in [7, 11) is 0. The van der Waals surface area contributed by atoms with Gasteiger partial charge in [-0.05, 0) is 49.8 Å². The molecule has 0 bridgehead atoms. The van der Waals surface area contributed by atoms with Crippen LogP contribution in [0.3, 0.4) is 0 Å². The maximum absolute atomic E-state index is 12.8. The lowest BCUT2D eigenvalue weighted by molar-refractivity contribution is -0.122. The van der Waals surface area contributed by atoms with Crippen LogP contribution in [0.4, 0.5) is 10.5 Å². The molecule has 1 heterocycles. The predicted octanol–water partition coefficient (Wildman–Crippen LogP) is 3.33. The van der Waals surface area contributed by atoms with Gasteiger partial charge < -0.3 is 5.11 Å². The van der Waals surface area contributed by atoms with Gasteiger partial charge in [-0.2, -0.15) is 0 Å². The Hall–Kier alpha value is -3.12. The third-order valence-corrected chi connectivity index (χ3v) is 4.22. The molecule has 3 rings (SSSR count). The van der Waals surface area contributed by atoms with E-state index in [1.807, 2.05) is 13.0 Å². The molecule has 1 fully saturated rings. The normalized spacial score (nSPS) is 16.2. The highest BCUT2D eigenvalue weighted by atomic mass is 35.5. The maximum Gasteiger partial charge on any atom is 0.335 e. The van der Waals surface area contributed by atoms with E-state index in [0.717, 1.165) is 10.5 Å². The van der Waals surface area contributed by atoms with Gasteiger partial charge in [0.2, 0.25) is 0 Å². The molecular weight excluding hydrogens is 356 g/mol. The van der Waals surface area contributed by atoms with Crippen molar-refractivity contribution >= 4 is 41.2 Å². The number of anilines is 1. The topological polar surface area (TPSA) is 86.7 Å². The van der Waals surface area contributed by atoms with E-state index in [1.165, 1.54) is 24.3 Å². The van der Waals surface area contributed by atoms with Crippen LogP contribution in [-0.4, -0.2) is 23.0 Å². The van der Waals surface area contributed by atoms with Gasteiger partial charge in [-0.15, -0.1) is 0 Å². The average molecular weight is 371 g/mol. The van der Waals surface area contributed by atoms with Crippen LogP contribution in [0.1, 0.15) is 16.7 Å². The summed E-state index contributed by atoms with van der Waals surface area (Å²) in [5.41, 5.74) is 2.00. The highest BCUT2D eigenvalue weighted by Crippen LogP contribution is 2.28. The Morgan fingerprint density at radius 1 is 1.08 bits per heavy atom. The van der Waals surface area contributed by atoms with Gasteiger partial charge in [0.15, 0.2) is 0 Å². The number of phenols is 1. The van der Waals surface area contributed by atoms with Crippen LogP contribution in [0, 0.1) is 13.8 Å². The van der Waals surface area contributed by atoms with Crippen molar-refractivity contribution in [3.63, 3.8) is 0 Å². The Morgan fingerprint density at radius 2 is 1.81 bits per heavy atom. The van der Waals surface area contributed by atoms with Crippen molar-refractivity contribution < 1.29 is 19.5 Å². The molecule has 0 aromatic heterocycles. The molecule has 0 aliphatic carbocycles. The van der Waals surface area contributed by atoms with Crippen LogP contribution in [0.5, 0.6) is 5.75 Å². The second kappa shape index (κ2) is 6.65. The molecule has 132 valence electrons. The lowest BCUT2D eigenvalue weighted by Gasteiger charge is -2.27. The minimum atomic E-state index is -0.833. The fourth-order valence-corrected chi connectivity index (χ4v) is 2.91. The Kier molecular flexibility index (Phi) is 4.52. The first kappa shape index (κ1) is 17.7. The van der Waals surface area contributed by atoms with E-state index >= 15 is 0 Å². The monoisotopic (exact) mass is 370 g/mol. The predicted molar refractivity (Wildman–Crippen MR) is 98.0 cm³/mol. The second-order valence-corrected chi connectivity index (χ2v) is 6.39. The quantitative estimate of drug-likeness (QED) is 0.627. The molecule has 0 unspecified atom stereocenters. The van der Waals surface area contributed by atoms with E-state index in [9.17, 15) is 19.5 Å². The molecule has 2 aromatic rings. The number of carbonyl (C=O) groups is 3. The first-order valence-electron chi connectivity index (χ1n) is 7.75. The number of carbonyl (C=O) groups excluding carboxylic acids is 3. The van der Waals surface area contributed by atoms with Crippen LogP contribution in [-0.2, 0) is 9.59 Å². The number of halogens is 1. The zero-order valence-corrected chi connectivity index (χ0v) is 14.8. The minimum Gasteiger partial charge on any atom is -0.507 e. The molecule has 1 saturated heterocycles. The van der Waals surface area contributed by atoms with Crippen molar-refractivity contribution in [2.45, 2.75) is 13.8 Å². The third-order valence-electron chi connectivity index (χ3n) is 3.98. The fraction of sp³-hybridized carbons (Fsp3) is 0.105. The molecule has 1 aliphatic heterocycles. The number of aromatic hydroxyl groups is 1. The van der Waals surface area contributed by atoms with Crippen LogP contribution in [0.25, 0.3) is 6.08 Å². The number of rotatable bonds is 2. The number of imide groups is 2. The van der Waals surface area contributed by atoms with E-state index in [-0.39, 0.29) is 16.9 Å². The van der Waals surface area contributed by atoms with Crippen molar-refractivity contribution in [2.75, 3.05) is 4.90 Å². The zero-order valence-electron chi connectivity index (χ0n) is 14.0. The number of hydrogen-bond acceptors (Lipinski definition) is 4. The van der Waals surface area contributed by atoms with Gasteiger partial charge >= 0.3 is 6.03 Å². The number of nitrogens with zero attached hydrogens (tertiary/aromatic N) is 1. The van der Waals surface area contributed by atoms with Crippen molar-refractivity contribution in [3.8, 4) is 5.75 Å². The number of phenolic OH excluding ortho intramolecular Hbond substituents is 1. The number of amides is 4. The molecule has 2 N–H and O–H groups in total. The Balaban J connectivity index is 2.08. The second-order valence-electron chi connectivity index (χ2n) is 5.95. The smallest absolute Gasteiger partial charge is 0.335 e. The first-order valence-corrected chi connectivity index (χ1v) is 8.13. The van der Waals surface area contributed by atoms with Crippen molar-refractivity contribution in [3.05, 3.63) is 63.7 Å². The average Bonchev–Trinajstić information content (AvgIpc) is 2.56. The highest BCUT2D eigenvalue weighted by Gasteiger charge is 2.37. The number of barbiturate groups is 1. The molecule has 0 atom stereocenters. The summed E-state index contributed by atoms with van der Waals surface area (Å²) in [6.07, 6.45) is 1.21. The highest BCUT2D eigenvalue weighted by molar-refractivity contribution is 6.39. The summed E-state index contributed by atoms with van der Waals surface area (Å²) >= 11 is 5.90. The zero-order chi connectivity index (χ0) is 19.0. The number of urea groups is 1. The minimum absolute atomic E-state index is 0.141. The molecule has 26 heavy (non-hydrogen) atoms. The van der Waals surface area contributed by atoms with Gasteiger partial charge in [-0.3, -0.25) is 14.9 Å². The lowest BCUT2D eigenvalue weighted by Crippen LogP contribution is -2.54.